The number of aromatic nitrogens is 2. The van der Waals surface area contributed by atoms with E-state index in [-0.39, 0.29) is 0 Å². The maximum Gasteiger partial charge on any atom is 0.171 e. The van der Waals surface area contributed by atoms with Gasteiger partial charge in [0, 0.05) is 6.42 Å². The first-order chi connectivity index (χ1) is 6.83. The van der Waals surface area contributed by atoms with Crippen LogP contribution in [0.5, 0.6) is 0 Å². The molecule has 2 nitrogen and oxygen atoms in total. The van der Waals surface area contributed by atoms with E-state index >= 15 is 0 Å². The average Bonchev–Trinajstić information content (AvgIpc) is 2.58. The highest BCUT2D eigenvalue weighted by atomic mass is 32.2. The summed E-state index contributed by atoms with van der Waals surface area (Å²) in [6.45, 7) is 2.25. The van der Waals surface area contributed by atoms with E-state index < -0.39 is 0 Å². The van der Waals surface area contributed by atoms with Crippen LogP contribution in [0.4, 0.5) is 0 Å². The number of nitrogens with zero attached hydrogens (tertiary/aromatic N) is 2. The van der Waals surface area contributed by atoms with Gasteiger partial charge >= 0.3 is 0 Å². The van der Waals surface area contributed by atoms with Gasteiger partial charge in [-0.1, -0.05) is 50.4 Å². The van der Waals surface area contributed by atoms with E-state index in [1.54, 1.807) is 11.3 Å². The van der Waals surface area contributed by atoms with Crippen LogP contribution in [-0.2, 0) is 6.42 Å². The van der Waals surface area contributed by atoms with Crippen molar-refractivity contribution in [2.75, 3.05) is 0 Å². The van der Waals surface area contributed by atoms with Gasteiger partial charge in [-0.2, -0.15) is 0 Å². The molecule has 0 aliphatic carbocycles. The zero-order valence-corrected chi connectivity index (χ0v) is 10.4. The highest BCUT2D eigenvalue weighted by molar-refractivity contribution is 7.82. The number of thiol groups is 1. The van der Waals surface area contributed by atoms with Crippen molar-refractivity contribution in [3.05, 3.63) is 5.01 Å². The Balaban J connectivity index is 1.99. The topological polar surface area (TPSA) is 25.8 Å². The SMILES string of the molecule is CCCCCCCCc1nnc(S)s1. The zero-order chi connectivity index (χ0) is 10.2. The smallest absolute Gasteiger partial charge is 0.143 e. The first kappa shape index (κ1) is 12.0. The lowest BCUT2D eigenvalue weighted by Gasteiger charge is -1.97. The Hall–Kier alpha value is -0.0900. The summed E-state index contributed by atoms with van der Waals surface area (Å²) in [5.41, 5.74) is 0. The number of hydrogen-bond acceptors (Lipinski definition) is 4. The third-order valence-electron chi connectivity index (χ3n) is 2.20. The molecule has 1 aromatic rings. The molecule has 0 saturated heterocycles. The predicted molar refractivity (Wildman–Crippen MR) is 64.2 cm³/mol. The maximum atomic E-state index is 4.14. The van der Waals surface area contributed by atoms with Crippen molar-refractivity contribution in [2.45, 2.75) is 56.2 Å². The van der Waals surface area contributed by atoms with E-state index in [1.165, 1.54) is 38.5 Å². The van der Waals surface area contributed by atoms with E-state index in [1.807, 2.05) is 0 Å². The van der Waals surface area contributed by atoms with Crippen LogP contribution in [0.3, 0.4) is 0 Å². The molecule has 1 rings (SSSR count). The third-order valence-corrected chi connectivity index (χ3v) is 3.35. The van der Waals surface area contributed by atoms with Gasteiger partial charge in [-0.05, 0) is 6.42 Å². The van der Waals surface area contributed by atoms with Gasteiger partial charge in [-0.15, -0.1) is 22.8 Å². The number of aryl methyl sites for hydroxylation is 1. The molecule has 80 valence electrons. The molecule has 0 aliphatic heterocycles. The number of hydrogen-bond donors (Lipinski definition) is 1. The fourth-order valence-electron chi connectivity index (χ4n) is 1.40. The first-order valence-corrected chi connectivity index (χ1v) is 6.60. The second-order valence-electron chi connectivity index (χ2n) is 3.50. The lowest BCUT2D eigenvalue weighted by molar-refractivity contribution is 0.606. The lowest BCUT2D eigenvalue weighted by Crippen LogP contribution is -1.85. The van der Waals surface area contributed by atoms with E-state index in [4.69, 9.17) is 0 Å². The van der Waals surface area contributed by atoms with Gasteiger partial charge in [0.15, 0.2) is 4.34 Å². The van der Waals surface area contributed by atoms with Gasteiger partial charge in [0.1, 0.15) is 5.01 Å². The molecular weight excluding hydrogens is 212 g/mol. The Morgan fingerprint density at radius 2 is 1.79 bits per heavy atom. The first-order valence-electron chi connectivity index (χ1n) is 5.34. The fourth-order valence-corrected chi connectivity index (χ4v) is 2.38. The standard InChI is InChI=1S/C10H18N2S2/c1-2-3-4-5-6-7-8-9-11-12-10(13)14-9/h2-8H2,1H3,(H,12,13). The summed E-state index contributed by atoms with van der Waals surface area (Å²) in [7, 11) is 0. The van der Waals surface area contributed by atoms with Crippen LogP contribution in [-0.4, -0.2) is 10.2 Å². The summed E-state index contributed by atoms with van der Waals surface area (Å²) < 4.78 is 0.783. The zero-order valence-electron chi connectivity index (χ0n) is 8.70. The summed E-state index contributed by atoms with van der Waals surface area (Å²) in [5, 5.41) is 9.05. The number of unbranched alkanes of at least 4 members (excludes halogenated alkanes) is 5. The predicted octanol–water partition coefficient (Wildman–Crippen LogP) is 3.73. The molecule has 0 aromatic carbocycles. The minimum Gasteiger partial charge on any atom is -0.143 e. The van der Waals surface area contributed by atoms with Crippen molar-refractivity contribution in [1.82, 2.24) is 10.2 Å². The highest BCUT2D eigenvalue weighted by Gasteiger charge is 1.99. The monoisotopic (exact) mass is 230 g/mol. The summed E-state index contributed by atoms with van der Waals surface area (Å²) in [5.74, 6) is 0. The molecule has 0 saturated carbocycles. The third kappa shape index (κ3) is 4.96. The molecular formula is C10H18N2S2. The molecule has 0 amide bonds. The van der Waals surface area contributed by atoms with E-state index in [2.05, 4.69) is 29.7 Å². The van der Waals surface area contributed by atoms with Gasteiger partial charge in [-0.25, -0.2) is 0 Å². The molecule has 0 radical (unpaired) electrons. The van der Waals surface area contributed by atoms with Crippen LogP contribution < -0.4 is 0 Å². The van der Waals surface area contributed by atoms with Gasteiger partial charge < -0.3 is 0 Å². The van der Waals surface area contributed by atoms with E-state index in [0.717, 1.165) is 15.8 Å². The van der Waals surface area contributed by atoms with Crippen LogP contribution in [0.15, 0.2) is 4.34 Å². The van der Waals surface area contributed by atoms with Crippen molar-refractivity contribution in [3.63, 3.8) is 0 Å². The highest BCUT2D eigenvalue weighted by Crippen LogP contribution is 2.16. The van der Waals surface area contributed by atoms with Crippen LogP contribution in [0.2, 0.25) is 0 Å². The molecule has 14 heavy (non-hydrogen) atoms. The molecule has 0 atom stereocenters. The minimum absolute atomic E-state index is 0.783. The molecule has 0 spiro atoms. The van der Waals surface area contributed by atoms with Gasteiger partial charge in [-0.3, -0.25) is 0 Å². The van der Waals surface area contributed by atoms with Crippen LogP contribution >= 0.6 is 24.0 Å². The second-order valence-corrected chi connectivity index (χ2v) is 5.28. The molecule has 0 fully saturated rings. The van der Waals surface area contributed by atoms with Gasteiger partial charge in [0.05, 0.1) is 0 Å². The number of rotatable bonds is 7. The van der Waals surface area contributed by atoms with Crippen LogP contribution in [0, 0.1) is 0 Å². The van der Waals surface area contributed by atoms with Crippen LogP contribution in [0.25, 0.3) is 0 Å². The summed E-state index contributed by atoms with van der Waals surface area (Å²) in [6, 6.07) is 0. The van der Waals surface area contributed by atoms with Crippen molar-refractivity contribution < 1.29 is 0 Å². The Bertz CT molecular complexity index is 248. The Labute approximate surface area is 95.6 Å². The largest absolute Gasteiger partial charge is 0.171 e. The Morgan fingerprint density at radius 1 is 1.07 bits per heavy atom. The van der Waals surface area contributed by atoms with Crippen molar-refractivity contribution in [1.29, 1.82) is 0 Å². The normalized spacial score (nSPS) is 10.7. The molecule has 0 bridgehead atoms. The molecule has 0 unspecified atom stereocenters. The Kier molecular flexibility index (Phi) is 6.19. The van der Waals surface area contributed by atoms with Crippen LogP contribution in [0.1, 0.15) is 50.5 Å². The molecule has 4 heteroatoms. The van der Waals surface area contributed by atoms with Crippen molar-refractivity contribution >= 4 is 24.0 Å². The average molecular weight is 230 g/mol. The van der Waals surface area contributed by atoms with Crippen molar-refractivity contribution in [2.24, 2.45) is 0 Å². The van der Waals surface area contributed by atoms with E-state index in [0.29, 0.717) is 0 Å². The quantitative estimate of drug-likeness (QED) is 0.570. The molecule has 0 aliphatic rings. The van der Waals surface area contributed by atoms with E-state index in [9.17, 15) is 0 Å². The second kappa shape index (κ2) is 7.23. The van der Waals surface area contributed by atoms with Gasteiger partial charge in [0.2, 0.25) is 0 Å². The Morgan fingerprint density at radius 3 is 2.43 bits per heavy atom. The minimum atomic E-state index is 0.783. The van der Waals surface area contributed by atoms with Gasteiger partial charge in [0.25, 0.3) is 0 Å². The lowest BCUT2D eigenvalue weighted by atomic mass is 10.1. The fraction of sp³-hybridized carbons (Fsp3) is 0.800. The summed E-state index contributed by atoms with van der Waals surface area (Å²) in [6.07, 6.45) is 9.07. The molecule has 1 heterocycles. The molecule has 1 aromatic heterocycles. The summed E-state index contributed by atoms with van der Waals surface area (Å²) in [4.78, 5) is 0. The van der Waals surface area contributed by atoms with Crippen molar-refractivity contribution in [3.8, 4) is 0 Å². The molecule has 0 N–H and O–H groups in total. The maximum absolute atomic E-state index is 4.14. The summed E-state index contributed by atoms with van der Waals surface area (Å²) >= 11 is 5.74.